The maximum atomic E-state index is 5.70. The molecule has 1 atom stereocenters. The molecule has 0 fully saturated rings. The molecule has 0 amide bonds. The molecule has 1 aliphatic rings. The lowest BCUT2D eigenvalue weighted by Gasteiger charge is -2.11. The zero-order valence-corrected chi connectivity index (χ0v) is 11.2. The quantitative estimate of drug-likeness (QED) is 0.916. The molecule has 1 N–H and O–H groups in total. The molecule has 4 heteroatoms. The van der Waals surface area contributed by atoms with Crippen LogP contribution in [-0.2, 0) is 0 Å². The fraction of sp³-hybridized carbons (Fsp3) is 0.333. The molecule has 1 aromatic heterocycles. The topological polar surface area (TPSA) is 47.0 Å². The molecule has 3 rings (SSSR count). The van der Waals surface area contributed by atoms with Crippen molar-refractivity contribution in [3.05, 3.63) is 47.4 Å². The van der Waals surface area contributed by atoms with Gasteiger partial charge in [-0.15, -0.1) is 0 Å². The van der Waals surface area contributed by atoms with Crippen molar-refractivity contribution in [1.82, 2.24) is 9.97 Å². The SMILES string of the molecule is CCNc1cc(C)nc(C2COc3ccccc32)n1. The number of nitrogens with one attached hydrogen (secondary N) is 1. The van der Waals surface area contributed by atoms with Crippen LogP contribution in [-0.4, -0.2) is 23.1 Å². The molecule has 0 spiro atoms. The first-order valence-corrected chi connectivity index (χ1v) is 6.59. The van der Waals surface area contributed by atoms with E-state index in [-0.39, 0.29) is 5.92 Å². The number of fused-ring (bicyclic) bond motifs is 1. The van der Waals surface area contributed by atoms with E-state index < -0.39 is 0 Å². The van der Waals surface area contributed by atoms with Crippen LogP contribution in [0.5, 0.6) is 5.75 Å². The Kier molecular flexibility index (Phi) is 3.07. The third-order valence-corrected chi connectivity index (χ3v) is 3.24. The van der Waals surface area contributed by atoms with E-state index in [9.17, 15) is 0 Å². The first kappa shape index (κ1) is 12.0. The summed E-state index contributed by atoms with van der Waals surface area (Å²) >= 11 is 0. The maximum Gasteiger partial charge on any atom is 0.142 e. The Morgan fingerprint density at radius 3 is 3.00 bits per heavy atom. The Morgan fingerprint density at radius 1 is 1.32 bits per heavy atom. The van der Waals surface area contributed by atoms with Gasteiger partial charge >= 0.3 is 0 Å². The Balaban J connectivity index is 1.99. The highest BCUT2D eigenvalue weighted by Gasteiger charge is 2.27. The Bertz CT molecular complexity index is 598. The van der Waals surface area contributed by atoms with E-state index in [1.807, 2.05) is 31.2 Å². The zero-order valence-electron chi connectivity index (χ0n) is 11.2. The van der Waals surface area contributed by atoms with Crippen molar-refractivity contribution in [3.8, 4) is 5.75 Å². The number of aryl methyl sites for hydroxylation is 1. The minimum Gasteiger partial charge on any atom is -0.492 e. The molecule has 98 valence electrons. The molecular weight excluding hydrogens is 238 g/mol. The predicted octanol–water partition coefficient (Wildman–Crippen LogP) is 2.74. The summed E-state index contributed by atoms with van der Waals surface area (Å²) in [6.07, 6.45) is 0. The maximum absolute atomic E-state index is 5.70. The minimum atomic E-state index is 0.133. The van der Waals surface area contributed by atoms with Gasteiger partial charge in [0, 0.05) is 23.9 Å². The molecular formula is C15H17N3O. The van der Waals surface area contributed by atoms with Crippen molar-refractivity contribution in [2.24, 2.45) is 0 Å². The van der Waals surface area contributed by atoms with Crippen molar-refractivity contribution >= 4 is 5.82 Å². The molecule has 19 heavy (non-hydrogen) atoms. The Labute approximate surface area is 112 Å². The number of hydrogen-bond acceptors (Lipinski definition) is 4. The molecule has 0 bridgehead atoms. The summed E-state index contributed by atoms with van der Waals surface area (Å²) in [7, 11) is 0. The summed E-state index contributed by atoms with van der Waals surface area (Å²) in [5, 5.41) is 3.24. The molecule has 2 heterocycles. The molecule has 0 saturated carbocycles. The third kappa shape index (κ3) is 2.26. The van der Waals surface area contributed by atoms with Crippen LogP contribution in [0.15, 0.2) is 30.3 Å². The van der Waals surface area contributed by atoms with Crippen molar-refractivity contribution in [2.45, 2.75) is 19.8 Å². The highest BCUT2D eigenvalue weighted by atomic mass is 16.5. The second-order valence-corrected chi connectivity index (χ2v) is 4.68. The molecule has 0 saturated heterocycles. The average Bonchev–Trinajstić information content (AvgIpc) is 2.82. The summed E-state index contributed by atoms with van der Waals surface area (Å²) in [5.74, 6) is 2.80. The molecule has 2 aromatic rings. The zero-order chi connectivity index (χ0) is 13.2. The van der Waals surface area contributed by atoms with Crippen LogP contribution in [0, 0.1) is 6.92 Å². The van der Waals surface area contributed by atoms with Crippen molar-refractivity contribution in [1.29, 1.82) is 0 Å². The lowest BCUT2D eigenvalue weighted by molar-refractivity contribution is 0.339. The lowest BCUT2D eigenvalue weighted by Crippen LogP contribution is -2.11. The van der Waals surface area contributed by atoms with Gasteiger partial charge in [-0.1, -0.05) is 18.2 Å². The lowest BCUT2D eigenvalue weighted by atomic mass is 10.0. The summed E-state index contributed by atoms with van der Waals surface area (Å²) in [5.41, 5.74) is 2.15. The number of para-hydroxylation sites is 1. The predicted molar refractivity (Wildman–Crippen MR) is 74.7 cm³/mol. The monoisotopic (exact) mass is 255 g/mol. The van der Waals surface area contributed by atoms with E-state index >= 15 is 0 Å². The van der Waals surface area contributed by atoms with Crippen LogP contribution in [0.1, 0.15) is 29.9 Å². The summed E-state index contributed by atoms with van der Waals surface area (Å²) in [6, 6.07) is 10.1. The molecule has 4 nitrogen and oxygen atoms in total. The van der Waals surface area contributed by atoms with Gasteiger partial charge in [0.05, 0.1) is 5.92 Å². The van der Waals surface area contributed by atoms with Gasteiger partial charge < -0.3 is 10.1 Å². The summed E-state index contributed by atoms with van der Waals surface area (Å²) < 4.78 is 5.70. The van der Waals surface area contributed by atoms with E-state index in [0.29, 0.717) is 6.61 Å². The Morgan fingerprint density at radius 2 is 2.16 bits per heavy atom. The van der Waals surface area contributed by atoms with E-state index in [0.717, 1.165) is 29.6 Å². The fourth-order valence-electron chi connectivity index (χ4n) is 2.40. The number of anilines is 1. The van der Waals surface area contributed by atoms with Crippen molar-refractivity contribution < 1.29 is 4.74 Å². The Hall–Kier alpha value is -2.10. The van der Waals surface area contributed by atoms with Gasteiger partial charge in [-0.05, 0) is 19.9 Å². The highest BCUT2D eigenvalue weighted by molar-refractivity contribution is 5.44. The normalized spacial score (nSPS) is 16.8. The van der Waals surface area contributed by atoms with Crippen LogP contribution in [0.2, 0.25) is 0 Å². The number of benzene rings is 1. The van der Waals surface area contributed by atoms with Gasteiger partial charge in [0.15, 0.2) is 0 Å². The van der Waals surface area contributed by atoms with E-state index in [4.69, 9.17) is 4.74 Å². The van der Waals surface area contributed by atoms with Crippen LogP contribution < -0.4 is 10.1 Å². The standard InChI is InChI=1S/C15H17N3O/c1-3-16-14-8-10(2)17-15(18-14)12-9-19-13-7-5-4-6-11(12)13/h4-8,12H,3,9H2,1-2H3,(H,16,17,18). The summed E-state index contributed by atoms with van der Waals surface area (Å²) in [4.78, 5) is 9.17. The molecule has 1 aliphatic heterocycles. The van der Waals surface area contributed by atoms with Gasteiger partial charge in [0.2, 0.25) is 0 Å². The fourth-order valence-corrected chi connectivity index (χ4v) is 2.40. The number of hydrogen-bond donors (Lipinski definition) is 1. The van der Waals surface area contributed by atoms with Gasteiger partial charge in [-0.25, -0.2) is 9.97 Å². The minimum absolute atomic E-state index is 0.133. The van der Waals surface area contributed by atoms with Crippen LogP contribution in [0.25, 0.3) is 0 Å². The van der Waals surface area contributed by atoms with Crippen LogP contribution in [0.4, 0.5) is 5.82 Å². The van der Waals surface area contributed by atoms with Crippen LogP contribution in [0.3, 0.4) is 0 Å². The van der Waals surface area contributed by atoms with E-state index in [1.165, 1.54) is 5.56 Å². The van der Waals surface area contributed by atoms with E-state index in [1.54, 1.807) is 0 Å². The summed E-state index contributed by atoms with van der Waals surface area (Å²) in [6.45, 7) is 5.53. The van der Waals surface area contributed by atoms with Gasteiger partial charge in [0.1, 0.15) is 24.0 Å². The van der Waals surface area contributed by atoms with Crippen molar-refractivity contribution in [2.75, 3.05) is 18.5 Å². The van der Waals surface area contributed by atoms with Gasteiger partial charge in [0.25, 0.3) is 0 Å². The number of nitrogens with zero attached hydrogens (tertiary/aromatic N) is 2. The average molecular weight is 255 g/mol. The highest BCUT2D eigenvalue weighted by Crippen LogP contribution is 2.36. The number of rotatable bonds is 3. The third-order valence-electron chi connectivity index (χ3n) is 3.24. The molecule has 0 radical (unpaired) electrons. The second-order valence-electron chi connectivity index (χ2n) is 4.68. The van der Waals surface area contributed by atoms with E-state index in [2.05, 4.69) is 28.3 Å². The largest absolute Gasteiger partial charge is 0.492 e. The van der Waals surface area contributed by atoms with Gasteiger partial charge in [-0.2, -0.15) is 0 Å². The molecule has 1 unspecified atom stereocenters. The molecule has 1 aromatic carbocycles. The molecule has 0 aliphatic carbocycles. The first-order valence-electron chi connectivity index (χ1n) is 6.59. The number of aromatic nitrogens is 2. The van der Waals surface area contributed by atoms with Crippen molar-refractivity contribution in [3.63, 3.8) is 0 Å². The van der Waals surface area contributed by atoms with Gasteiger partial charge in [-0.3, -0.25) is 0 Å². The smallest absolute Gasteiger partial charge is 0.142 e. The second kappa shape index (κ2) is 4.88. The first-order chi connectivity index (χ1) is 9.28. The van der Waals surface area contributed by atoms with Crippen LogP contribution >= 0.6 is 0 Å². The number of ether oxygens (including phenoxy) is 1.